The van der Waals surface area contributed by atoms with E-state index in [9.17, 15) is 0 Å². The minimum absolute atomic E-state index is 0.412. The fourth-order valence-corrected chi connectivity index (χ4v) is 2.04. The van der Waals surface area contributed by atoms with Crippen LogP contribution in [0.25, 0.3) is 11.4 Å². The number of rotatable bonds is 4. The molecular formula is C13H10N4OS. The number of hydrogen-bond donors (Lipinski definition) is 0. The summed E-state index contributed by atoms with van der Waals surface area (Å²) >= 11 is 1.55. The Bertz CT molecular complexity index is 626. The van der Waals surface area contributed by atoms with Gasteiger partial charge in [0.25, 0.3) is 0 Å². The zero-order valence-electron chi connectivity index (χ0n) is 9.93. The molecule has 0 amide bonds. The van der Waals surface area contributed by atoms with Crippen LogP contribution in [0.4, 0.5) is 0 Å². The van der Waals surface area contributed by atoms with Crippen LogP contribution in [0.3, 0.4) is 0 Å². The zero-order valence-corrected chi connectivity index (χ0v) is 10.7. The Morgan fingerprint density at radius 1 is 0.947 bits per heavy atom. The topological polar surface area (TPSA) is 60.8 Å². The molecule has 19 heavy (non-hydrogen) atoms. The summed E-state index contributed by atoms with van der Waals surface area (Å²) in [5, 5.41) is 10.9. The molecule has 0 aliphatic carbocycles. The van der Waals surface area contributed by atoms with E-state index in [1.54, 1.807) is 29.8 Å². The second kappa shape index (κ2) is 5.53. The molecule has 0 spiro atoms. The van der Waals surface area contributed by atoms with E-state index in [1.165, 1.54) is 0 Å². The zero-order chi connectivity index (χ0) is 12.9. The molecule has 5 nitrogen and oxygen atoms in total. The van der Waals surface area contributed by atoms with Crippen LogP contribution in [0, 0.1) is 0 Å². The number of aromatic nitrogens is 4. The number of hydrogen-bond acceptors (Lipinski definition) is 6. The second-order valence-corrected chi connectivity index (χ2v) is 4.67. The molecule has 3 rings (SSSR count). The quantitative estimate of drug-likeness (QED) is 0.729. The first kappa shape index (κ1) is 11.7. The third-order valence-electron chi connectivity index (χ3n) is 2.39. The van der Waals surface area contributed by atoms with Crippen molar-refractivity contribution < 1.29 is 4.74 Å². The Morgan fingerprint density at radius 3 is 2.63 bits per heavy atom. The van der Waals surface area contributed by atoms with Crippen LogP contribution < -0.4 is 4.74 Å². The van der Waals surface area contributed by atoms with Crippen molar-refractivity contribution in [2.75, 3.05) is 0 Å². The molecule has 3 heterocycles. The van der Waals surface area contributed by atoms with Crippen LogP contribution in [0.15, 0.2) is 48.1 Å². The van der Waals surface area contributed by atoms with Gasteiger partial charge in [0.05, 0.1) is 5.69 Å². The fourth-order valence-electron chi connectivity index (χ4n) is 1.51. The highest BCUT2D eigenvalue weighted by Gasteiger charge is 2.03. The Labute approximate surface area is 114 Å². The van der Waals surface area contributed by atoms with Crippen LogP contribution >= 0.6 is 11.3 Å². The van der Waals surface area contributed by atoms with E-state index in [-0.39, 0.29) is 0 Å². The smallest absolute Gasteiger partial charge is 0.233 e. The van der Waals surface area contributed by atoms with Crippen LogP contribution in [0.1, 0.15) is 5.01 Å². The van der Waals surface area contributed by atoms with Gasteiger partial charge in [0.15, 0.2) is 0 Å². The number of nitrogens with zero attached hydrogens (tertiary/aromatic N) is 4. The average molecular weight is 270 g/mol. The highest BCUT2D eigenvalue weighted by atomic mass is 32.1. The van der Waals surface area contributed by atoms with E-state index >= 15 is 0 Å². The highest BCUT2D eigenvalue weighted by Crippen LogP contribution is 2.15. The average Bonchev–Trinajstić information content (AvgIpc) is 3.00. The van der Waals surface area contributed by atoms with Crippen molar-refractivity contribution >= 4 is 11.3 Å². The van der Waals surface area contributed by atoms with Gasteiger partial charge in [-0.05, 0) is 18.2 Å². The van der Waals surface area contributed by atoms with Crippen molar-refractivity contribution in [1.29, 1.82) is 0 Å². The lowest BCUT2D eigenvalue weighted by Crippen LogP contribution is -1.98. The Hall–Kier alpha value is -2.34. The van der Waals surface area contributed by atoms with Crippen molar-refractivity contribution in [2.45, 2.75) is 6.61 Å². The van der Waals surface area contributed by atoms with Crippen LogP contribution in [-0.2, 0) is 6.61 Å². The van der Waals surface area contributed by atoms with Gasteiger partial charge in [-0.1, -0.05) is 6.07 Å². The van der Waals surface area contributed by atoms with Crippen molar-refractivity contribution in [3.8, 4) is 17.3 Å². The molecule has 3 aromatic rings. The summed E-state index contributed by atoms with van der Waals surface area (Å²) < 4.78 is 5.50. The first-order valence-corrected chi connectivity index (χ1v) is 6.56. The number of pyridine rings is 1. The van der Waals surface area contributed by atoms with E-state index in [0.29, 0.717) is 12.5 Å². The Balaban J connectivity index is 1.69. The minimum atomic E-state index is 0.412. The predicted molar refractivity (Wildman–Crippen MR) is 71.7 cm³/mol. The maximum absolute atomic E-state index is 5.50. The molecule has 94 valence electrons. The highest BCUT2D eigenvalue weighted by molar-refractivity contribution is 7.09. The minimum Gasteiger partial charge on any atom is -0.469 e. The molecule has 0 radical (unpaired) electrons. The van der Waals surface area contributed by atoms with E-state index in [0.717, 1.165) is 16.4 Å². The largest absolute Gasteiger partial charge is 0.469 e. The normalized spacial score (nSPS) is 10.3. The van der Waals surface area contributed by atoms with Crippen LogP contribution in [0.5, 0.6) is 5.88 Å². The van der Waals surface area contributed by atoms with Gasteiger partial charge < -0.3 is 4.74 Å². The second-order valence-electron chi connectivity index (χ2n) is 3.69. The molecule has 0 unspecified atom stereocenters. The fraction of sp³-hybridized carbons (Fsp3) is 0.0769. The van der Waals surface area contributed by atoms with E-state index in [2.05, 4.69) is 20.2 Å². The number of ether oxygens (including phenoxy) is 1. The summed E-state index contributed by atoms with van der Waals surface area (Å²) in [7, 11) is 0. The van der Waals surface area contributed by atoms with Crippen molar-refractivity contribution in [3.63, 3.8) is 0 Å². The molecule has 0 atom stereocenters. The standard InChI is InChI=1S/C13H10N4OS/c1-2-6-14-10(3-1)11-4-5-12(17-16-11)18-9-13-15-7-8-19-13/h1-8H,9H2. The molecule has 0 bridgehead atoms. The Morgan fingerprint density at radius 2 is 1.95 bits per heavy atom. The first-order chi connectivity index (χ1) is 9.42. The van der Waals surface area contributed by atoms with E-state index in [1.807, 2.05) is 29.6 Å². The van der Waals surface area contributed by atoms with Gasteiger partial charge in [0.1, 0.15) is 17.3 Å². The molecule has 3 aromatic heterocycles. The summed E-state index contributed by atoms with van der Waals surface area (Å²) in [5.41, 5.74) is 1.52. The van der Waals surface area contributed by atoms with Crippen LogP contribution in [0.2, 0.25) is 0 Å². The molecule has 0 aromatic carbocycles. The molecule has 0 aliphatic rings. The van der Waals surface area contributed by atoms with Crippen molar-refractivity contribution in [1.82, 2.24) is 20.2 Å². The lowest BCUT2D eigenvalue weighted by atomic mass is 10.2. The summed E-state index contributed by atoms with van der Waals surface area (Å²) in [6.07, 6.45) is 3.48. The first-order valence-electron chi connectivity index (χ1n) is 5.68. The summed E-state index contributed by atoms with van der Waals surface area (Å²) in [5.74, 6) is 0.481. The predicted octanol–water partition coefficient (Wildman–Crippen LogP) is 2.57. The summed E-state index contributed by atoms with van der Waals surface area (Å²) in [4.78, 5) is 8.35. The summed E-state index contributed by atoms with van der Waals surface area (Å²) in [6.45, 7) is 0.412. The van der Waals surface area contributed by atoms with Gasteiger partial charge in [-0.25, -0.2) is 4.98 Å². The monoisotopic (exact) mass is 270 g/mol. The molecule has 0 saturated carbocycles. The lowest BCUT2D eigenvalue weighted by molar-refractivity contribution is 0.290. The van der Waals surface area contributed by atoms with Gasteiger partial charge in [0.2, 0.25) is 5.88 Å². The molecule has 0 N–H and O–H groups in total. The van der Waals surface area contributed by atoms with E-state index < -0.39 is 0 Å². The molecule has 6 heteroatoms. The maximum atomic E-state index is 5.50. The van der Waals surface area contributed by atoms with Crippen LogP contribution in [-0.4, -0.2) is 20.2 Å². The SMILES string of the molecule is c1ccc(-c2ccc(OCc3nccs3)nn2)nc1. The number of thiazole rings is 1. The molecule has 0 fully saturated rings. The molecular weight excluding hydrogens is 260 g/mol. The van der Waals surface area contributed by atoms with Gasteiger partial charge in [-0.2, -0.15) is 0 Å². The maximum Gasteiger partial charge on any atom is 0.233 e. The van der Waals surface area contributed by atoms with Crippen molar-refractivity contribution in [2.24, 2.45) is 0 Å². The lowest BCUT2D eigenvalue weighted by Gasteiger charge is -2.03. The third kappa shape index (κ3) is 2.92. The van der Waals surface area contributed by atoms with E-state index in [4.69, 9.17) is 4.74 Å². The van der Waals surface area contributed by atoms with Gasteiger partial charge in [0, 0.05) is 23.8 Å². The molecule has 0 saturated heterocycles. The van der Waals surface area contributed by atoms with Gasteiger partial charge in [-0.3, -0.25) is 4.98 Å². The molecule has 0 aliphatic heterocycles. The summed E-state index contributed by atoms with van der Waals surface area (Å²) in [6, 6.07) is 9.29. The van der Waals surface area contributed by atoms with Crippen molar-refractivity contribution in [3.05, 3.63) is 53.1 Å². The third-order valence-corrected chi connectivity index (χ3v) is 3.15. The van der Waals surface area contributed by atoms with Gasteiger partial charge in [-0.15, -0.1) is 21.5 Å². The van der Waals surface area contributed by atoms with Gasteiger partial charge >= 0.3 is 0 Å². The Kier molecular flexibility index (Phi) is 3.42.